The van der Waals surface area contributed by atoms with Gasteiger partial charge in [0.05, 0.1) is 23.1 Å². The fourth-order valence-electron chi connectivity index (χ4n) is 3.40. The maximum absolute atomic E-state index is 12.7. The Kier molecular flexibility index (Phi) is 5.87. The van der Waals surface area contributed by atoms with Gasteiger partial charge in [-0.3, -0.25) is 4.79 Å². The lowest BCUT2D eigenvalue weighted by Gasteiger charge is -2.32. The van der Waals surface area contributed by atoms with Gasteiger partial charge in [0.2, 0.25) is 5.88 Å². The second-order valence-corrected chi connectivity index (χ2v) is 7.04. The number of ketones is 1. The molecule has 0 aromatic heterocycles. The zero-order chi connectivity index (χ0) is 20.4. The van der Waals surface area contributed by atoms with Crippen molar-refractivity contribution in [3.63, 3.8) is 0 Å². The van der Waals surface area contributed by atoms with Crippen LogP contribution in [-0.2, 0) is 19.1 Å². The highest BCUT2D eigenvalue weighted by molar-refractivity contribution is 6.37. The number of halogens is 2. The summed E-state index contributed by atoms with van der Waals surface area (Å²) in [5.74, 6) is 1.27. The van der Waals surface area contributed by atoms with Gasteiger partial charge in [-0.2, -0.15) is 0 Å². The van der Waals surface area contributed by atoms with Gasteiger partial charge in [-0.15, -0.1) is 6.42 Å². The van der Waals surface area contributed by atoms with E-state index in [0.29, 0.717) is 36.2 Å². The van der Waals surface area contributed by atoms with Crippen molar-refractivity contribution in [1.82, 2.24) is 0 Å². The van der Waals surface area contributed by atoms with Gasteiger partial charge < -0.3 is 19.9 Å². The summed E-state index contributed by atoms with van der Waals surface area (Å²) in [6, 6.07) is 3.13. The SMILES string of the molecule is C#CCOc1c(Cl)cc([C@H]2C(C(=O)OC)=C(N)OC3=C2C(=O)CCC3)cc1Cl. The smallest absolute Gasteiger partial charge is 0.340 e. The van der Waals surface area contributed by atoms with E-state index in [2.05, 4.69) is 5.92 Å². The number of carbonyl (C=O) groups is 2. The number of Topliss-reactive ketones (excluding diaryl/α,β-unsaturated/α-hetero) is 1. The van der Waals surface area contributed by atoms with Crippen LogP contribution in [0.15, 0.2) is 34.9 Å². The molecule has 2 aliphatic rings. The molecule has 28 heavy (non-hydrogen) atoms. The molecule has 0 amide bonds. The third kappa shape index (κ3) is 3.56. The molecule has 0 spiro atoms. The third-order valence-electron chi connectivity index (χ3n) is 4.54. The predicted octanol–water partition coefficient (Wildman–Crippen LogP) is 3.47. The molecule has 3 rings (SSSR count). The molecule has 6 nitrogen and oxygen atoms in total. The Labute approximate surface area is 172 Å². The van der Waals surface area contributed by atoms with Gasteiger partial charge in [-0.25, -0.2) is 4.79 Å². The molecule has 1 aliphatic heterocycles. The Balaban J connectivity index is 2.18. The molecule has 2 N–H and O–H groups in total. The molecule has 0 bridgehead atoms. The molecular weight excluding hydrogens is 405 g/mol. The fourth-order valence-corrected chi connectivity index (χ4v) is 4.01. The second-order valence-electron chi connectivity index (χ2n) is 6.22. The number of rotatable bonds is 4. The van der Waals surface area contributed by atoms with Gasteiger partial charge in [-0.1, -0.05) is 29.1 Å². The number of esters is 1. The van der Waals surface area contributed by atoms with E-state index in [1.807, 2.05) is 0 Å². The van der Waals surface area contributed by atoms with Crippen LogP contribution in [0.1, 0.15) is 30.7 Å². The number of methoxy groups -OCH3 is 1. The zero-order valence-electron chi connectivity index (χ0n) is 15.0. The second kappa shape index (κ2) is 8.17. The summed E-state index contributed by atoms with van der Waals surface area (Å²) in [4.78, 5) is 25.1. The van der Waals surface area contributed by atoms with Gasteiger partial charge in [0, 0.05) is 18.4 Å². The molecule has 0 radical (unpaired) electrons. The largest absolute Gasteiger partial charge is 0.478 e. The maximum Gasteiger partial charge on any atom is 0.340 e. The number of allylic oxidation sites excluding steroid dienone is 2. The first-order valence-corrected chi connectivity index (χ1v) is 9.21. The van der Waals surface area contributed by atoms with E-state index in [1.54, 1.807) is 12.1 Å². The van der Waals surface area contributed by atoms with Gasteiger partial charge >= 0.3 is 5.97 Å². The van der Waals surface area contributed by atoms with Crippen LogP contribution in [0, 0.1) is 12.3 Å². The highest BCUT2D eigenvalue weighted by Crippen LogP contribution is 2.46. The van der Waals surface area contributed by atoms with Crippen molar-refractivity contribution >= 4 is 35.0 Å². The molecule has 1 atom stereocenters. The van der Waals surface area contributed by atoms with Crippen LogP contribution < -0.4 is 10.5 Å². The molecule has 0 saturated carbocycles. The summed E-state index contributed by atoms with van der Waals surface area (Å²) in [6.07, 6.45) is 6.73. The van der Waals surface area contributed by atoms with Crippen LogP contribution in [0.3, 0.4) is 0 Å². The summed E-state index contributed by atoms with van der Waals surface area (Å²) in [7, 11) is 1.23. The Bertz CT molecular complexity index is 935. The molecular formula is C20H17Cl2NO5. The number of terminal acetylenes is 1. The molecule has 0 unspecified atom stereocenters. The first kappa shape index (κ1) is 20.1. The van der Waals surface area contributed by atoms with Crippen molar-refractivity contribution in [3.05, 3.63) is 50.5 Å². The maximum atomic E-state index is 12.7. The van der Waals surface area contributed by atoms with E-state index in [9.17, 15) is 9.59 Å². The molecule has 8 heteroatoms. The van der Waals surface area contributed by atoms with E-state index in [1.165, 1.54) is 7.11 Å². The lowest BCUT2D eigenvalue weighted by Crippen LogP contribution is -2.31. The first-order valence-electron chi connectivity index (χ1n) is 8.46. The van der Waals surface area contributed by atoms with Crippen molar-refractivity contribution in [2.45, 2.75) is 25.2 Å². The Morgan fingerprint density at radius 1 is 1.36 bits per heavy atom. The number of ether oxygens (including phenoxy) is 3. The molecule has 1 aromatic rings. The van der Waals surface area contributed by atoms with Crippen molar-refractivity contribution in [1.29, 1.82) is 0 Å². The average molecular weight is 422 g/mol. The minimum atomic E-state index is -0.805. The standard InChI is InChI=1S/C20H17Cl2NO5/c1-3-7-27-18-11(21)8-10(9-12(18)22)15-16-13(24)5-4-6-14(16)28-19(23)17(15)20(25)26-2/h1,8-9,15H,4-7,23H2,2H3/t15-/m1/s1. The fraction of sp³-hybridized carbons (Fsp3) is 0.300. The van der Waals surface area contributed by atoms with Crippen LogP contribution in [-0.4, -0.2) is 25.5 Å². The molecule has 1 aromatic carbocycles. The quantitative estimate of drug-likeness (QED) is 0.591. The Morgan fingerprint density at radius 3 is 2.64 bits per heavy atom. The number of hydrogen-bond donors (Lipinski definition) is 1. The predicted molar refractivity (Wildman–Crippen MR) is 104 cm³/mol. The molecule has 1 heterocycles. The highest BCUT2D eigenvalue weighted by atomic mass is 35.5. The Morgan fingerprint density at radius 2 is 2.04 bits per heavy atom. The first-order chi connectivity index (χ1) is 13.4. The number of carbonyl (C=O) groups excluding carboxylic acids is 2. The van der Waals surface area contributed by atoms with E-state index < -0.39 is 11.9 Å². The molecule has 0 saturated heterocycles. The monoisotopic (exact) mass is 421 g/mol. The van der Waals surface area contributed by atoms with Gasteiger partial charge in [-0.05, 0) is 24.1 Å². The van der Waals surface area contributed by atoms with Crippen LogP contribution in [0.5, 0.6) is 5.75 Å². The number of benzene rings is 1. The summed E-state index contributed by atoms with van der Waals surface area (Å²) in [5, 5.41) is 0.384. The summed E-state index contributed by atoms with van der Waals surface area (Å²) in [5.41, 5.74) is 6.90. The van der Waals surface area contributed by atoms with Crippen LogP contribution in [0.25, 0.3) is 0 Å². The third-order valence-corrected chi connectivity index (χ3v) is 5.11. The topological polar surface area (TPSA) is 87.8 Å². The van der Waals surface area contributed by atoms with Crippen LogP contribution in [0.2, 0.25) is 10.0 Å². The van der Waals surface area contributed by atoms with E-state index in [0.717, 1.165) is 0 Å². The molecule has 146 valence electrons. The minimum absolute atomic E-state index is 0.00982. The molecule has 1 aliphatic carbocycles. The average Bonchev–Trinajstić information content (AvgIpc) is 2.65. The zero-order valence-corrected chi connectivity index (χ0v) is 16.5. The van der Waals surface area contributed by atoms with Crippen LogP contribution >= 0.6 is 23.2 Å². The highest BCUT2D eigenvalue weighted by Gasteiger charge is 2.41. The van der Waals surface area contributed by atoms with Crippen molar-refractivity contribution < 1.29 is 23.8 Å². The lowest BCUT2D eigenvalue weighted by molar-refractivity contribution is -0.136. The van der Waals surface area contributed by atoms with E-state index in [-0.39, 0.29) is 39.6 Å². The summed E-state index contributed by atoms with van der Waals surface area (Å²) >= 11 is 12.6. The lowest BCUT2D eigenvalue weighted by atomic mass is 9.77. The molecule has 0 fully saturated rings. The van der Waals surface area contributed by atoms with Crippen molar-refractivity contribution in [2.24, 2.45) is 5.73 Å². The minimum Gasteiger partial charge on any atom is -0.478 e. The van der Waals surface area contributed by atoms with Crippen molar-refractivity contribution in [2.75, 3.05) is 13.7 Å². The van der Waals surface area contributed by atoms with Gasteiger partial charge in [0.1, 0.15) is 17.9 Å². The van der Waals surface area contributed by atoms with Gasteiger partial charge in [0.15, 0.2) is 11.5 Å². The number of nitrogens with two attached hydrogens (primary N) is 1. The summed E-state index contributed by atoms with van der Waals surface area (Å²) in [6.45, 7) is -0.00982. The number of hydrogen-bond acceptors (Lipinski definition) is 6. The van der Waals surface area contributed by atoms with Gasteiger partial charge in [0.25, 0.3) is 0 Å². The summed E-state index contributed by atoms with van der Waals surface area (Å²) < 4.78 is 15.8. The van der Waals surface area contributed by atoms with Crippen LogP contribution in [0.4, 0.5) is 0 Å². The van der Waals surface area contributed by atoms with E-state index in [4.69, 9.17) is 49.6 Å². The Hall–Kier alpha value is -2.62. The normalized spacial score (nSPS) is 18.9. The van der Waals surface area contributed by atoms with E-state index >= 15 is 0 Å². The van der Waals surface area contributed by atoms with Crippen molar-refractivity contribution in [3.8, 4) is 18.1 Å².